The minimum atomic E-state index is -0.358. The Bertz CT molecular complexity index is 325. The van der Waals surface area contributed by atoms with Crippen LogP contribution in [0.2, 0.25) is 0 Å². The lowest BCUT2D eigenvalue weighted by molar-refractivity contribution is -0.135. The summed E-state index contributed by atoms with van der Waals surface area (Å²) < 4.78 is 0. The highest BCUT2D eigenvalue weighted by Gasteiger charge is 2.40. The molecule has 0 aromatic carbocycles. The Morgan fingerprint density at radius 2 is 1.79 bits per heavy atom. The van der Waals surface area contributed by atoms with Crippen molar-refractivity contribution in [3.63, 3.8) is 0 Å². The molecule has 0 bridgehead atoms. The van der Waals surface area contributed by atoms with Crippen LogP contribution in [0.3, 0.4) is 0 Å². The zero-order valence-electron chi connectivity index (χ0n) is 11.6. The maximum Gasteiger partial charge on any atom is 0.225 e. The van der Waals surface area contributed by atoms with Gasteiger partial charge in [0.1, 0.15) is 0 Å². The van der Waals surface area contributed by atoms with E-state index in [1.807, 2.05) is 4.90 Å². The molecule has 3 aliphatic rings. The summed E-state index contributed by atoms with van der Waals surface area (Å²) in [4.78, 5) is 16.7. The number of aliphatic hydroxyl groups excluding tert-OH is 1. The molecule has 0 aliphatic carbocycles. The Morgan fingerprint density at radius 3 is 2.47 bits per heavy atom. The van der Waals surface area contributed by atoms with Gasteiger partial charge in [-0.05, 0) is 51.9 Å². The van der Waals surface area contributed by atoms with Crippen molar-refractivity contribution in [3.05, 3.63) is 0 Å². The summed E-state index contributed by atoms with van der Waals surface area (Å²) in [5.41, 5.74) is 0. The zero-order valence-corrected chi connectivity index (χ0v) is 11.6. The summed E-state index contributed by atoms with van der Waals surface area (Å²) in [6, 6.07) is 0.174. The molecule has 0 saturated carbocycles. The van der Waals surface area contributed by atoms with Crippen LogP contribution in [0.15, 0.2) is 0 Å². The summed E-state index contributed by atoms with van der Waals surface area (Å²) in [5.74, 6) is 0.438. The third-order valence-electron chi connectivity index (χ3n) is 4.87. The fourth-order valence-corrected chi connectivity index (χ4v) is 3.71. The smallest absolute Gasteiger partial charge is 0.225 e. The molecule has 2 atom stereocenters. The van der Waals surface area contributed by atoms with Gasteiger partial charge in [0.25, 0.3) is 0 Å². The fourth-order valence-electron chi connectivity index (χ4n) is 3.71. The molecule has 1 amide bonds. The standard InChI is InChI=1S/C14H25N3O2/c18-13-10-17(9-12(13)16-7-1-2-8-16)14(19)11-3-5-15-6-4-11/h11-13,15,18H,1-10H2/t12-,13-/m0/s1. The molecule has 3 aliphatic heterocycles. The summed E-state index contributed by atoms with van der Waals surface area (Å²) in [7, 11) is 0. The summed E-state index contributed by atoms with van der Waals surface area (Å²) in [6.45, 7) is 5.31. The largest absolute Gasteiger partial charge is 0.390 e. The Morgan fingerprint density at radius 1 is 1.11 bits per heavy atom. The summed E-state index contributed by atoms with van der Waals surface area (Å²) in [6.07, 6.45) is 3.99. The van der Waals surface area contributed by atoms with Gasteiger partial charge >= 0.3 is 0 Å². The van der Waals surface area contributed by atoms with Crippen LogP contribution in [0.1, 0.15) is 25.7 Å². The van der Waals surface area contributed by atoms with Crippen LogP contribution in [-0.4, -0.2) is 72.2 Å². The average molecular weight is 267 g/mol. The van der Waals surface area contributed by atoms with E-state index in [1.54, 1.807) is 0 Å². The fraction of sp³-hybridized carbons (Fsp3) is 0.929. The van der Waals surface area contributed by atoms with Crippen LogP contribution < -0.4 is 5.32 Å². The lowest BCUT2D eigenvalue weighted by atomic mass is 9.97. The number of nitrogens with one attached hydrogen (secondary N) is 1. The van der Waals surface area contributed by atoms with E-state index in [-0.39, 0.29) is 24.0 Å². The number of nitrogens with zero attached hydrogens (tertiary/aromatic N) is 2. The van der Waals surface area contributed by atoms with Crippen molar-refractivity contribution in [2.75, 3.05) is 39.3 Å². The second kappa shape index (κ2) is 5.77. The first kappa shape index (κ1) is 13.3. The molecular formula is C14H25N3O2. The molecule has 19 heavy (non-hydrogen) atoms. The van der Waals surface area contributed by atoms with Crippen molar-refractivity contribution in [3.8, 4) is 0 Å². The quantitative estimate of drug-likeness (QED) is 0.718. The molecule has 0 aromatic heterocycles. The van der Waals surface area contributed by atoms with E-state index < -0.39 is 0 Å². The van der Waals surface area contributed by atoms with Crippen LogP contribution >= 0.6 is 0 Å². The topological polar surface area (TPSA) is 55.8 Å². The van der Waals surface area contributed by atoms with Crippen molar-refractivity contribution >= 4 is 5.91 Å². The van der Waals surface area contributed by atoms with Crippen molar-refractivity contribution in [1.29, 1.82) is 0 Å². The van der Waals surface area contributed by atoms with Gasteiger partial charge in [0, 0.05) is 19.0 Å². The number of carbonyl (C=O) groups excluding carboxylic acids is 1. The van der Waals surface area contributed by atoms with Crippen LogP contribution in [0.5, 0.6) is 0 Å². The first-order valence-corrected chi connectivity index (χ1v) is 7.67. The molecule has 3 saturated heterocycles. The molecule has 0 radical (unpaired) electrons. The number of rotatable bonds is 2. The molecule has 3 fully saturated rings. The molecule has 108 valence electrons. The predicted octanol–water partition coefficient (Wildman–Crippen LogP) is -0.346. The molecule has 0 spiro atoms. The zero-order chi connectivity index (χ0) is 13.2. The number of carbonyl (C=O) groups is 1. The highest BCUT2D eigenvalue weighted by molar-refractivity contribution is 5.79. The molecule has 3 rings (SSSR count). The van der Waals surface area contributed by atoms with Gasteiger partial charge in [0.15, 0.2) is 0 Å². The van der Waals surface area contributed by atoms with E-state index in [0.29, 0.717) is 6.54 Å². The first-order chi connectivity index (χ1) is 9.25. The van der Waals surface area contributed by atoms with E-state index in [2.05, 4.69) is 10.2 Å². The Kier molecular flexibility index (Phi) is 4.05. The number of hydrogen-bond acceptors (Lipinski definition) is 4. The predicted molar refractivity (Wildman–Crippen MR) is 72.8 cm³/mol. The Hall–Kier alpha value is -0.650. The average Bonchev–Trinajstić information content (AvgIpc) is 3.08. The second-order valence-electron chi connectivity index (χ2n) is 6.15. The molecule has 0 unspecified atom stereocenters. The van der Waals surface area contributed by atoms with Gasteiger partial charge in [-0.1, -0.05) is 0 Å². The SMILES string of the molecule is O=C(C1CCNCC1)N1C[C@H](O)[C@@H](N2CCCC2)C1. The Labute approximate surface area is 114 Å². The van der Waals surface area contributed by atoms with Crippen LogP contribution in [0, 0.1) is 5.92 Å². The van der Waals surface area contributed by atoms with Gasteiger partial charge in [-0.25, -0.2) is 0 Å². The third-order valence-corrected chi connectivity index (χ3v) is 4.87. The van der Waals surface area contributed by atoms with Crippen molar-refractivity contribution in [2.24, 2.45) is 5.92 Å². The lowest BCUT2D eigenvalue weighted by Gasteiger charge is -2.28. The van der Waals surface area contributed by atoms with Gasteiger partial charge in [-0.2, -0.15) is 0 Å². The van der Waals surface area contributed by atoms with E-state index in [4.69, 9.17) is 0 Å². The van der Waals surface area contributed by atoms with Gasteiger partial charge in [0.05, 0.1) is 12.1 Å². The van der Waals surface area contributed by atoms with E-state index >= 15 is 0 Å². The van der Waals surface area contributed by atoms with Crippen LogP contribution in [0.4, 0.5) is 0 Å². The molecule has 2 N–H and O–H groups in total. The van der Waals surface area contributed by atoms with Crippen molar-refractivity contribution in [1.82, 2.24) is 15.1 Å². The Balaban J connectivity index is 1.58. The number of piperidine rings is 1. The molecule has 0 aromatic rings. The lowest BCUT2D eigenvalue weighted by Crippen LogP contribution is -2.43. The summed E-state index contributed by atoms with van der Waals surface area (Å²) >= 11 is 0. The van der Waals surface area contributed by atoms with Gasteiger partial charge < -0.3 is 15.3 Å². The summed E-state index contributed by atoms with van der Waals surface area (Å²) in [5, 5.41) is 13.5. The van der Waals surface area contributed by atoms with Crippen LogP contribution in [0.25, 0.3) is 0 Å². The highest BCUT2D eigenvalue weighted by Crippen LogP contribution is 2.24. The van der Waals surface area contributed by atoms with E-state index in [9.17, 15) is 9.90 Å². The van der Waals surface area contributed by atoms with Gasteiger partial charge in [-0.3, -0.25) is 9.69 Å². The normalized spacial score (nSPS) is 34.1. The minimum absolute atomic E-state index is 0.172. The maximum absolute atomic E-state index is 12.5. The molecular weight excluding hydrogens is 242 g/mol. The minimum Gasteiger partial charge on any atom is -0.390 e. The number of β-amino-alcohol motifs (C(OH)–C–C–N with tert-alkyl or cyclic N) is 1. The van der Waals surface area contributed by atoms with Gasteiger partial charge in [-0.15, -0.1) is 0 Å². The number of amides is 1. The first-order valence-electron chi connectivity index (χ1n) is 7.67. The highest BCUT2D eigenvalue weighted by atomic mass is 16.3. The van der Waals surface area contributed by atoms with Gasteiger partial charge in [0.2, 0.25) is 5.91 Å². The van der Waals surface area contributed by atoms with Crippen molar-refractivity contribution < 1.29 is 9.90 Å². The molecule has 5 nitrogen and oxygen atoms in total. The number of hydrogen-bond donors (Lipinski definition) is 2. The van der Waals surface area contributed by atoms with Crippen molar-refractivity contribution in [2.45, 2.75) is 37.8 Å². The third kappa shape index (κ3) is 2.78. The second-order valence-corrected chi connectivity index (χ2v) is 6.15. The molecule has 5 heteroatoms. The van der Waals surface area contributed by atoms with E-state index in [1.165, 1.54) is 12.8 Å². The van der Waals surface area contributed by atoms with E-state index in [0.717, 1.165) is 45.6 Å². The van der Waals surface area contributed by atoms with Crippen LogP contribution in [-0.2, 0) is 4.79 Å². The molecule has 3 heterocycles. The maximum atomic E-state index is 12.5. The number of aliphatic hydroxyl groups is 1. The number of likely N-dealkylation sites (tertiary alicyclic amines) is 2. The monoisotopic (exact) mass is 267 g/mol.